The van der Waals surface area contributed by atoms with Crippen LogP contribution in [0.3, 0.4) is 0 Å². The Morgan fingerprint density at radius 1 is 0.909 bits per heavy atom. The Morgan fingerprint density at radius 2 is 1.61 bits per heavy atom. The smallest absolute Gasteiger partial charge is 0.319 e. The Labute approximate surface area is 200 Å². The normalized spacial score (nSPS) is 10.4. The highest BCUT2D eigenvalue weighted by Gasteiger charge is 2.21. The highest BCUT2D eigenvalue weighted by molar-refractivity contribution is 6.33. The van der Waals surface area contributed by atoms with E-state index in [1.54, 1.807) is 23.1 Å². The first-order valence-electron chi connectivity index (χ1n) is 10.8. The lowest BCUT2D eigenvalue weighted by Crippen LogP contribution is -2.31. The van der Waals surface area contributed by atoms with E-state index >= 15 is 0 Å². The third-order valence-corrected chi connectivity index (χ3v) is 5.46. The molecular formula is C26H29ClN4O2. The van der Waals surface area contributed by atoms with Crippen LogP contribution in [0, 0.1) is 0 Å². The molecule has 0 atom stereocenters. The van der Waals surface area contributed by atoms with Gasteiger partial charge < -0.3 is 20.4 Å². The van der Waals surface area contributed by atoms with Gasteiger partial charge in [0.1, 0.15) is 0 Å². The fraction of sp³-hybridized carbons (Fsp3) is 0.231. The quantitative estimate of drug-likeness (QED) is 0.469. The van der Waals surface area contributed by atoms with Gasteiger partial charge in [0.25, 0.3) is 5.91 Å². The second-order valence-electron chi connectivity index (χ2n) is 7.85. The minimum atomic E-state index is -0.269. The summed E-state index contributed by atoms with van der Waals surface area (Å²) in [7, 11) is 3.90. The topological polar surface area (TPSA) is 64.7 Å². The number of nitrogens with zero attached hydrogens (tertiary/aromatic N) is 2. The van der Waals surface area contributed by atoms with Crippen LogP contribution in [-0.2, 0) is 13.1 Å². The van der Waals surface area contributed by atoms with Gasteiger partial charge in [0.15, 0.2) is 0 Å². The van der Waals surface area contributed by atoms with Crippen molar-refractivity contribution in [1.29, 1.82) is 0 Å². The molecule has 0 saturated heterocycles. The first-order chi connectivity index (χ1) is 15.9. The molecule has 0 aromatic heterocycles. The zero-order valence-corrected chi connectivity index (χ0v) is 19.9. The maximum atomic E-state index is 13.6. The number of halogens is 1. The molecule has 172 valence electrons. The molecule has 33 heavy (non-hydrogen) atoms. The number of benzene rings is 3. The third-order valence-electron chi connectivity index (χ3n) is 5.13. The van der Waals surface area contributed by atoms with E-state index in [9.17, 15) is 9.59 Å². The Morgan fingerprint density at radius 3 is 2.27 bits per heavy atom. The third kappa shape index (κ3) is 6.49. The molecule has 0 unspecified atom stereocenters. The molecule has 0 aliphatic rings. The number of hydrogen-bond acceptors (Lipinski definition) is 3. The molecule has 0 radical (unpaired) electrons. The van der Waals surface area contributed by atoms with E-state index in [1.165, 1.54) is 0 Å². The monoisotopic (exact) mass is 464 g/mol. The van der Waals surface area contributed by atoms with Crippen molar-refractivity contribution in [3.8, 4) is 0 Å². The molecule has 0 bridgehead atoms. The van der Waals surface area contributed by atoms with E-state index in [1.807, 2.05) is 80.5 Å². The average molecular weight is 465 g/mol. The molecule has 0 aliphatic carbocycles. The van der Waals surface area contributed by atoms with Gasteiger partial charge in [-0.05, 0) is 48.4 Å². The highest BCUT2D eigenvalue weighted by Crippen LogP contribution is 2.27. The van der Waals surface area contributed by atoms with Crippen LogP contribution in [0.15, 0.2) is 72.8 Å². The van der Waals surface area contributed by atoms with Crippen LogP contribution in [0.25, 0.3) is 0 Å². The average Bonchev–Trinajstić information content (AvgIpc) is 2.79. The maximum Gasteiger partial charge on any atom is 0.319 e. The number of anilines is 2. The molecule has 0 spiro atoms. The van der Waals surface area contributed by atoms with E-state index in [4.69, 9.17) is 11.6 Å². The molecular weight excluding hydrogens is 436 g/mol. The molecule has 3 aromatic rings. The first-order valence-corrected chi connectivity index (χ1v) is 11.2. The van der Waals surface area contributed by atoms with E-state index < -0.39 is 0 Å². The summed E-state index contributed by atoms with van der Waals surface area (Å²) < 4.78 is 0. The summed E-state index contributed by atoms with van der Waals surface area (Å²) in [4.78, 5) is 29.3. The van der Waals surface area contributed by atoms with Crippen LogP contribution < -0.4 is 15.5 Å². The van der Waals surface area contributed by atoms with Crippen LogP contribution >= 0.6 is 11.6 Å². The van der Waals surface area contributed by atoms with Crippen LogP contribution in [0.1, 0.15) is 28.4 Å². The van der Waals surface area contributed by atoms with Crippen molar-refractivity contribution >= 4 is 34.9 Å². The van der Waals surface area contributed by atoms with Gasteiger partial charge in [0, 0.05) is 45.1 Å². The molecule has 6 nitrogen and oxygen atoms in total. The molecule has 3 rings (SSSR count). The predicted octanol–water partition coefficient (Wildman–Crippen LogP) is 5.39. The lowest BCUT2D eigenvalue weighted by molar-refractivity contribution is 0.0730. The zero-order chi connectivity index (χ0) is 23.8. The summed E-state index contributed by atoms with van der Waals surface area (Å²) in [6.45, 7) is 3.16. The number of amides is 3. The summed E-state index contributed by atoms with van der Waals surface area (Å²) in [5.41, 5.74) is 4.00. The highest BCUT2D eigenvalue weighted by atomic mass is 35.5. The van der Waals surface area contributed by atoms with Crippen molar-refractivity contribution in [3.63, 3.8) is 0 Å². The van der Waals surface area contributed by atoms with E-state index in [0.717, 1.165) is 16.8 Å². The minimum absolute atomic E-state index is 0.156. The summed E-state index contributed by atoms with van der Waals surface area (Å²) in [6.07, 6.45) is 0. The van der Waals surface area contributed by atoms with Gasteiger partial charge in [-0.3, -0.25) is 4.79 Å². The number of urea groups is 1. The van der Waals surface area contributed by atoms with Gasteiger partial charge in [0.05, 0.1) is 10.6 Å². The number of rotatable bonds is 8. The standard InChI is InChI=1S/C26H29ClN4O2/c1-4-28-26(33)29-21-14-15-24(30(2)3)20(16-21)18-31(17-19-10-6-5-7-11-19)25(32)22-12-8-9-13-23(22)27/h5-16H,4,17-18H2,1-3H3,(H2,28,29,33). The molecule has 0 aliphatic heterocycles. The molecule has 0 fully saturated rings. The molecule has 0 heterocycles. The SMILES string of the molecule is CCNC(=O)Nc1ccc(N(C)C)c(CN(Cc2ccccc2)C(=O)c2ccccc2Cl)c1. The summed E-state index contributed by atoms with van der Waals surface area (Å²) in [5, 5.41) is 6.00. The second-order valence-corrected chi connectivity index (χ2v) is 8.26. The van der Waals surface area contributed by atoms with E-state index in [2.05, 4.69) is 10.6 Å². The molecule has 3 amide bonds. The van der Waals surface area contributed by atoms with Crippen molar-refractivity contribution < 1.29 is 9.59 Å². The molecule has 7 heteroatoms. The molecule has 3 aromatic carbocycles. The lowest BCUT2D eigenvalue weighted by atomic mass is 10.1. The summed E-state index contributed by atoms with van der Waals surface area (Å²) in [5.74, 6) is -0.156. The maximum absolute atomic E-state index is 13.6. The van der Waals surface area contributed by atoms with Crippen LogP contribution in [0.5, 0.6) is 0 Å². The van der Waals surface area contributed by atoms with E-state index in [-0.39, 0.29) is 11.9 Å². The number of hydrogen-bond donors (Lipinski definition) is 2. The zero-order valence-electron chi connectivity index (χ0n) is 19.1. The lowest BCUT2D eigenvalue weighted by Gasteiger charge is -2.27. The molecule has 0 saturated carbocycles. The Balaban J connectivity index is 1.97. The van der Waals surface area contributed by atoms with Crippen molar-refractivity contribution in [3.05, 3.63) is 94.5 Å². The number of nitrogens with one attached hydrogen (secondary N) is 2. The van der Waals surface area contributed by atoms with Crippen molar-refractivity contribution in [2.45, 2.75) is 20.0 Å². The summed E-state index contributed by atoms with van der Waals surface area (Å²) >= 11 is 6.35. The Hall–Kier alpha value is -3.51. The number of carbonyl (C=O) groups is 2. The minimum Gasteiger partial charge on any atom is -0.377 e. The Kier molecular flexibility index (Phi) is 8.33. The van der Waals surface area contributed by atoms with Gasteiger partial charge in [0.2, 0.25) is 0 Å². The van der Waals surface area contributed by atoms with Gasteiger partial charge in [-0.2, -0.15) is 0 Å². The van der Waals surface area contributed by atoms with Gasteiger partial charge in [-0.15, -0.1) is 0 Å². The van der Waals surface area contributed by atoms with Crippen LogP contribution in [0.4, 0.5) is 16.2 Å². The molecule has 2 N–H and O–H groups in total. The van der Waals surface area contributed by atoms with Crippen molar-refractivity contribution in [1.82, 2.24) is 10.2 Å². The fourth-order valence-corrected chi connectivity index (χ4v) is 3.79. The summed E-state index contributed by atoms with van der Waals surface area (Å²) in [6, 6.07) is 22.3. The van der Waals surface area contributed by atoms with Crippen molar-refractivity contribution in [2.75, 3.05) is 30.9 Å². The van der Waals surface area contributed by atoms with Crippen LogP contribution in [0.2, 0.25) is 5.02 Å². The fourth-order valence-electron chi connectivity index (χ4n) is 3.58. The predicted molar refractivity (Wildman–Crippen MR) is 135 cm³/mol. The largest absolute Gasteiger partial charge is 0.377 e. The van der Waals surface area contributed by atoms with Gasteiger partial charge >= 0.3 is 6.03 Å². The number of carbonyl (C=O) groups excluding carboxylic acids is 2. The second kappa shape index (κ2) is 11.4. The van der Waals surface area contributed by atoms with Gasteiger partial charge in [-0.1, -0.05) is 54.1 Å². The van der Waals surface area contributed by atoms with Gasteiger partial charge in [-0.25, -0.2) is 4.79 Å². The van der Waals surface area contributed by atoms with Crippen LogP contribution in [-0.4, -0.2) is 37.5 Å². The van der Waals surface area contributed by atoms with E-state index in [0.29, 0.717) is 35.9 Å². The Bertz CT molecular complexity index is 1100. The first kappa shape index (κ1) is 24.1. The van der Waals surface area contributed by atoms with Crippen molar-refractivity contribution in [2.24, 2.45) is 0 Å².